The van der Waals surface area contributed by atoms with Crippen LogP contribution in [0.4, 0.5) is 9.18 Å². The molecule has 0 aromatic heterocycles. The van der Waals surface area contributed by atoms with Gasteiger partial charge in [0.1, 0.15) is 18.2 Å². The van der Waals surface area contributed by atoms with Gasteiger partial charge in [0.15, 0.2) is 0 Å². The van der Waals surface area contributed by atoms with E-state index in [1.165, 1.54) is 12.1 Å². The number of rotatable bonds is 8. The second kappa shape index (κ2) is 8.46. The van der Waals surface area contributed by atoms with Crippen molar-refractivity contribution in [2.24, 2.45) is 0 Å². The van der Waals surface area contributed by atoms with Crippen LogP contribution in [0.3, 0.4) is 0 Å². The average Bonchev–Trinajstić information content (AvgIpc) is 2.44. The van der Waals surface area contributed by atoms with E-state index in [0.717, 1.165) is 6.42 Å². The van der Waals surface area contributed by atoms with Crippen molar-refractivity contribution in [2.75, 3.05) is 19.8 Å². The van der Waals surface area contributed by atoms with Gasteiger partial charge in [-0.2, -0.15) is 0 Å². The van der Waals surface area contributed by atoms with Crippen molar-refractivity contribution < 1.29 is 19.0 Å². The number of ether oxygens (including phenoxy) is 1. The zero-order chi connectivity index (χ0) is 15.7. The van der Waals surface area contributed by atoms with E-state index in [-0.39, 0.29) is 31.6 Å². The molecule has 0 radical (unpaired) electrons. The lowest BCUT2D eigenvalue weighted by Crippen LogP contribution is -2.53. The van der Waals surface area contributed by atoms with Crippen LogP contribution in [-0.4, -0.2) is 36.4 Å². The minimum atomic E-state index is -0.623. The lowest BCUT2D eigenvalue weighted by atomic mass is 9.98. The molecule has 5 nitrogen and oxygen atoms in total. The van der Waals surface area contributed by atoms with Gasteiger partial charge in [0, 0.05) is 6.07 Å². The van der Waals surface area contributed by atoms with E-state index in [4.69, 9.17) is 4.74 Å². The highest BCUT2D eigenvalue weighted by Gasteiger charge is 2.24. The van der Waals surface area contributed by atoms with Crippen LogP contribution in [0.5, 0.6) is 5.75 Å². The molecule has 1 unspecified atom stereocenters. The van der Waals surface area contributed by atoms with Crippen LogP contribution in [0, 0.1) is 5.82 Å². The van der Waals surface area contributed by atoms with Gasteiger partial charge in [-0.3, -0.25) is 0 Å². The highest BCUT2D eigenvalue weighted by Crippen LogP contribution is 2.12. The first-order valence-electron chi connectivity index (χ1n) is 7.04. The summed E-state index contributed by atoms with van der Waals surface area (Å²) in [5, 5.41) is 14.7. The summed E-state index contributed by atoms with van der Waals surface area (Å²) < 4.78 is 18.2. The molecule has 1 aromatic rings. The number of carbonyl (C=O) groups excluding carboxylic acids is 1. The Balaban J connectivity index is 2.27. The third-order valence-electron chi connectivity index (χ3n) is 3.02. The molecule has 6 heteroatoms. The van der Waals surface area contributed by atoms with Crippen LogP contribution in [-0.2, 0) is 0 Å². The number of carbonyl (C=O) groups is 1. The Morgan fingerprint density at radius 3 is 2.86 bits per heavy atom. The summed E-state index contributed by atoms with van der Waals surface area (Å²) in [5.41, 5.74) is -0.623. The van der Waals surface area contributed by atoms with Crippen LogP contribution >= 0.6 is 0 Å². The van der Waals surface area contributed by atoms with E-state index in [0.29, 0.717) is 12.2 Å². The largest absolute Gasteiger partial charge is 0.492 e. The second-order valence-corrected chi connectivity index (χ2v) is 5.16. The molecule has 1 rings (SSSR count). The Morgan fingerprint density at radius 2 is 2.24 bits per heavy atom. The number of benzene rings is 1. The number of hydrogen-bond acceptors (Lipinski definition) is 3. The van der Waals surface area contributed by atoms with Crippen molar-refractivity contribution in [2.45, 2.75) is 32.2 Å². The van der Waals surface area contributed by atoms with Gasteiger partial charge < -0.3 is 20.5 Å². The fourth-order valence-electron chi connectivity index (χ4n) is 1.94. The molecule has 0 saturated carbocycles. The molecule has 0 aliphatic heterocycles. The molecule has 0 fully saturated rings. The molecule has 1 atom stereocenters. The molecule has 0 spiro atoms. The first kappa shape index (κ1) is 17.2. The molecule has 0 saturated heterocycles. The van der Waals surface area contributed by atoms with E-state index < -0.39 is 5.54 Å². The summed E-state index contributed by atoms with van der Waals surface area (Å²) in [6.45, 7) is 4.18. The van der Waals surface area contributed by atoms with Crippen molar-refractivity contribution in [1.82, 2.24) is 10.6 Å². The molecule has 2 amide bonds. The number of halogens is 1. The van der Waals surface area contributed by atoms with Gasteiger partial charge in [-0.15, -0.1) is 0 Å². The Morgan fingerprint density at radius 1 is 1.48 bits per heavy atom. The highest BCUT2D eigenvalue weighted by molar-refractivity contribution is 5.74. The number of amides is 2. The molecule has 1 aromatic carbocycles. The summed E-state index contributed by atoms with van der Waals surface area (Å²) in [4.78, 5) is 11.7. The number of nitrogens with one attached hydrogen (secondary N) is 2. The standard InChI is InChI=1S/C15H23FN2O3/c1-3-7-15(2,11-19)18-14(20)17-8-9-21-13-6-4-5-12(16)10-13/h4-6,10,19H,3,7-9,11H2,1-2H3,(H2,17,18,20). The van der Waals surface area contributed by atoms with Crippen LogP contribution in [0.15, 0.2) is 24.3 Å². The summed E-state index contributed by atoms with van der Waals surface area (Å²) in [5.74, 6) is 0.0554. The summed E-state index contributed by atoms with van der Waals surface area (Å²) in [6, 6.07) is 5.46. The Kier molecular flexibility index (Phi) is 6.94. The molecule has 118 valence electrons. The molecule has 3 N–H and O–H groups in total. The van der Waals surface area contributed by atoms with Gasteiger partial charge in [-0.25, -0.2) is 9.18 Å². The van der Waals surface area contributed by atoms with Crippen molar-refractivity contribution in [3.63, 3.8) is 0 Å². The minimum Gasteiger partial charge on any atom is -0.492 e. The first-order chi connectivity index (χ1) is 9.99. The fraction of sp³-hybridized carbons (Fsp3) is 0.533. The van der Waals surface area contributed by atoms with E-state index >= 15 is 0 Å². The summed E-state index contributed by atoms with van der Waals surface area (Å²) >= 11 is 0. The molecule has 0 aliphatic rings. The van der Waals surface area contributed by atoms with E-state index in [1.807, 2.05) is 6.92 Å². The number of aliphatic hydroxyl groups excluding tert-OH is 1. The lowest BCUT2D eigenvalue weighted by molar-refractivity contribution is 0.162. The third-order valence-corrected chi connectivity index (χ3v) is 3.02. The van der Waals surface area contributed by atoms with Gasteiger partial charge in [-0.05, 0) is 25.5 Å². The van der Waals surface area contributed by atoms with Gasteiger partial charge in [-0.1, -0.05) is 19.4 Å². The van der Waals surface area contributed by atoms with Gasteiger partial charge in [0.2, 0.25) is 0 Å². The lowest BCUT2D eigenvalue weighted by Gasteiger charge is -2.28. The zero-order valence-electron chi connectivity index (χ0n) is 12.5. The van der Waals surface area contributed by atoms with Crippen molar-refractivity contribution in [1.29, 1.82) is 0 Å². The zero-order valence-corrected chi connectivity index (χ0v) is 12.5. The Hall–Kier alpha value is -1.82. The summed E-state index contributed by atoms with van der Waals surface area (Å²) in [6.07, 6.45) is 1.55. The van der Waals surface area contributed by atoms with Crippen molar-refractivity contribution >= 4 is 6.03 Å². The SMILES string of the molecule is CCCC(C)(CO)NC(=O)NCCOc1cccc(F)c1. The number of aliphatic hydroxyl groups is 1. The highest BCUT2D eigenvalue weighted by atomic mass is 19.1. The predicted octanol–water partition coefficient (Wildman–Crippen LogP) is 2.05. The van der Waals surface area contributed by atoms with Crippen LogP contribution < -0.4 is 15.4 Å². The smallest absolute Gasteiger partial charge is 0.315 e. The topological polar surface area (TPSA) is 70.6 Å². The number of hydrogen-bond donors (Lipinski definition) is 3. The molecule has 0 bridgehead atoms. The first-order valence-corrected chi connectivity index (χ1v) is 7.04. The van der Waals surface area contributed by atoms with Crippen molar-refractivity contribution in [3.8, 4) is 5.75 Å². The Labute approximate surface area is 124 Å². The Bertz CT molecular complexity index is 456. The average molecular weight is 298 g/mol. The third kappa shape index (κ3) is 6.44. The van der Waals surface area contributed by atoms with Gasteiger partial charge in [0.25, 0.3) is 0 Å². The summed E-state index contributed by atoms with van der Waals surface area (Å²) in [7, 11) is 0. The second-order valence-electron chi connectivity index (χ2n) is 5.16. The predicted molar refractivity (Wildman–Crippen MR) is 78.8 cm³/mol. The molecule has 0 aliphatic carbocycles. The fourth-order valence-corrected chi connectivity index (χ4v) is 1.94. The van der Waals surface area contributed by atoms with Crippen molar-refractivity contribution in [3.05, 3.63) is 30.1 Å². The van der Waals surface area contributed by atoms with Gasteiger partial charge in [0.05, 0.1) is 18.7 Å². The van der Waals surface area contributed by atoms with Gasteiger partial charge >= 0.3 is 6.03 Å². The molecule has 21 heavy (non-hydrogen) atoms. The normalized spacial score (nSPS) is 13.3. The quantitative estimate of drug-likeness (QED) is 0.643. The monoisotopic (exact) mass is 298 g/mol. The molecule has 0 heterocycles. The van der Waals surface area contributed by atoms with E-state index in [9.17, 15) is 14.3 Å². The van der Waals surface area contributed by atoms with E-state index in [1.54, 1.807) is 19.1 Å². The van der Waals surface area contributed by atoms with Crippen LogP contribution in [0.2, 0.25) is 0 Å². The van der Waals surface area contributed by atoms with Crippen LogP contribution in [0.1, 0.15) is 26.7 Å². The molecular formula is C15H23FN2O3. The van der Waals surface area contributed by atoms with Crippen LogP contribution in [0.25, 0.3) is 0 Å². The minimum absolute atomic E-state index is 0.117. The maximum atomic E-state index is 12.9. The van der Waals surface area contributed by atoms with E-state index in [2.05, 4.69) is 10.6 Å². The maximum absolute atomic E-state index is 12.9. The number of urea groups is 1. The molecular weight excluding hydrogens is 275 g/mol. The maximum Gasteiger partial charge on any atom is 0.315 e.